The summed E-state index contributed by atoms with van der Waals surface area (Å²) in [5, 5.41) is 14.0. The summed E-state index contributed by atoms with van der Waals surface area (Å²) in [5.41, 5.74) is 3.31. The van der Waals surface area contributed by atoms with Gasteiger partial charge in [-0.25, -0.2) is 9.48 Å². The number of imide groups is 1. The van der Waals surface area contributed by atoms with E-state index in [1.807, 2.05) is 74.1 Å². The molecule has 0 spiro atoms. The zero-order chi connectivity index (χ0) is 25.7. The Hall–Kier alpha value is -4.72. The Balaban J connectivity index is 1.84. The first kappa shape index (κ1) is 23.0. The van der Waals surface area contributed by atoms with Gasteiger partial charge in [-0.3, -0.25) is 9.59 Å². The third kappa shape index (κ3) is 3.73. The van der Waals surface area contributed by atoms with Gasteiger partial charge in [0.25, 0.3) is 11.8 Å². The summed E-state index contributed by atoms with van der Waals surface area (Å²) in [6.07, 6.45) is 2.30. The molecule has 2 aromatic rings. The van der Waals surface area contributed by atoms with Crippen LogP contribution >= 0.6 is 0 Å². The summed E-state index contributed by atoms with van der Waals surface area (Å²) < 4.78 is 8.25. The van der Waals surface area contributed by atoms with Gasteiger partial charge in [0.15, 0.2) is 0 Å². The van der Waals surface area contributed by atoms with Gasteiger partial charge >= 0.3 is 0 Å². The van der Waals surface area contributed by atoms with Crippen molar-refractivity contribution in [2.24, 2.45) is 0 Å². The van der Waals surface area contributed by atoms with Gasteiger partial charge in [-0.05, 0) is 35.9 Å². The second kappa shape index (κ2) is 8.49. The van der Waals surface area contributed by atoms with Gasteiger partial charge in [0.2, 0.25) is 5.36 Å². The van der Waals surface area contributed by atoms with Crippen molar-refractivity contribution in [2.45, 2.75) is 0 Å². The summed E-state index contributed by atoms with van der Waals surface area (Å²) in [7, 11) is 7.71. The molecule has 0 saturated carbocycles. The fraction of sp³-hybridized carbons (Fsp3) is 0.143. The number of carbonyl (C=O) groups excluding carboxylic acids is 3. The van der Waals surface area contributed by atoms with Crippen molar-refractivity contribution in [1.29, 1.82) is 0 Å². The molecule has 2 aromatic carbocycles. The number of benzene rings is 3. The highest BCUT2D eigenvalue weighted by Crippen LogP contribution is 2.42. The molecule has 0 unspecified atom stereocenters. The van der Waals surface area contributed by atoms with Crippen LogP contribution in [0.4, 0.5) is 11.4 Å². The average molecular weight is 482 g/mol. The van der Waals surface area contributed by atoms with Crippen LogP contribution in [-0.4, -0.2) is 46.0 Å². The van der Waals surface area contributed by atoms with Crippen molar-refractivity contribution in [3.8, 4) is 22.5 Å². The lowest BCUT2D eigenvalue weighted by atomic mass is 9.90. The molecule has 0 saturated heterocycles. The van der Waals surface area contributed by atoms with E-state index in [0.717, 1.165) is 39.0 Å². The molecule has 3 aliphatic rings. The number of aromatic carboxylic acids is 1. The number of anilines is 2. The van der Waals surface area contributed by atoms with Crippen molar-refractivity contribution < 1.29 is 23.9 Å². The largest absolute Gasteiger partial charge is 0.545 e. The van der Waals surface area contributed by atoms with Crippen molar-refractivity contribution >= 4 is 40.1 Å². The molecule has 0 fully saturated rings. The second-order valence-corrected chi connectivity index (χ2v) is 8.99. The van der Waals surface area contributed by atoms with E-state index in [1.165, 1.54) is 6.07 Å². The minimum atomic E-state index is -1.42. The lowest BCUT2D eigenvalue weighted by Crippen LogP contribution is -2.30. The Morgan fingerprint density at radius 1 is 0.917 bits per heavy atom. The van der Waals surface area contributed by atoms with E-state index in [1.54, 1.807) is 12.1 Å². The molecule has 1 aliphatic carbocycles. The first-order chi connectivity index (χ1) is 17.2. The topological polar surface area (TPSA) is 96.9 Å². The maximum absolute atomic E-state index is 12.3. The standard InChI is InChI=1S/C28H23N3O5/c1-29(2)16-5-9-20-23(14-16)36-24-15-17(30(3)4)6-10-21(24)27(20)19-8-7-18(13-22(19)28(34)35)31-25(32)11-12-26(31)33/h5-15H,1-4H3. The molecule has 8 nitrogen and oxygen atoms in total. The highest BCUT2D eigenvalue weighted by molar-refractivity contribution is 6.28. The van der Waals surface area contributed by atoms with Gasteiger partial charge in [0.05, 0.1) is 17.7 Å². The number of amides is 2. The van der Waals surface area contributed by atoms with Crippen LogP contribution in [0.25, 0.3) is 33.4 Å². The second-order valence-electron chi connectivity index (χ2n) is 8.99. The minimum absolute atomic E-state index is 0.137. The van der Waals surface area contributed by atoms with Crippen LogP contribution in [0.1, 0.15) is 10.4 Å². The van der Waals surface area contributed by atoms with E-state index >= 15 is 0 Å². The Bertz CT molecular complexity index is 1640. The smallest absolute Gasteiger partial charge is 0.258 e. The number of nitrogens with zero attached hydrogens (tertiary/aromatic N) is 3. The highest BCUT2D eigenvalue weighted by Gasteiger charge is 2.27. The van der Waals surface area contributed by atoms with E-state index in [-0.39, 0.29) is 11.3 Å². The fourth-order valence-corrected chi connectivity index (χ4v) is 4.43. The van der Waals surface area contributed by atoms with Crippen LogP contribution in [0.5, 0.6) is 0 Å². The number of carboxylic acid groups (broad SMARTS) is 1. The van der Waals surface area contributed by atoms with E-state index < -0.39 is 17.8 Å². The van der Waals surface area contributed by atoms with Crippen LogP contribution in [0, 0.1) is 0 Å². The minimum Gasteiger partial charge on any atom is -0.545 e. The number of fused-ring (bicyclic) bond motifs is 2. The first-order valence-corrected chi connectivity index (χ1v) is 11.3. The molecular formula is C28H23N3O5. The van der Waals surface area contributed by atoms with Crippen molar-refractivity contribution in [1.82, 2.24) is 4.58 Å². The summed E-state index contributed by atoms with van der Waals surface area (Å²) in [4.78, 5) is 39.6. The van der Waals surface area contributed by atoms with E-state index in [0.29, 0.717) is 22.5 Å². The van der Waals surface area contributed by atoms with Crippen molar-refractivity contribution in [3.63, 3.8) is 0 Å². The van der Waals surface area contributed by atoms with Gasteiger partial charge in [-0.1, -0.05) is 6.07 Å². The van der Waals surface area contributed by atoms with Crippen LogP contribution in [-0.2, 0) is 9.59 Å². The molecule has 0 aromatic heterocycles. The fourth-order valence-electron chi connectivity index (χ4n) is 4.43. The van der Waals surface area contributed by atoms with Crippen molar-refractivity contribution in [2.75, 3.05) is 38.0 Å². The SMILES string of the molecule is CN(C)c1ccc2c(-c3ccc(N4C(=O)C=CC4=O)cc3C(=O)[O-])c3ccc(=[N+](C)C)cc-3oc2c1. The predicted octanol–water partition coefficient (Wildman–Crippen LogP) is 2.10. The number of hydrogen-bond acceptors (Lipinski definition) is 6. The quantitative estimate of drug-likeness (QED) is 0.252. The van der Waals surface area contributed by atoms with Crippen LogP contribution in [0.15, 0.2) is 71.2 Å². The lowest BCUT2D eigenvalue weighted by Gasteiger charge is -2.21. The molecule has 180 valence electrons. The average Bonchev–Trinajstić information content (AvgIpc) is 3.19. The zero-order valence-corrected chi connectivity index (χ0v) is 20.2. The monoisotopic (exact) mass is 481 g/mol. The third-order valence-corrected chi connectivity index (χ3v) is 6.28. The number of carbonyl (C=O) groups is 3. The van der Waals surface area contributed by atoms with Crippen LogP contribution in [0.2, 0.25) is 0 Å². The maximum Gasteiger partial charge on any atom is 0.258 e. The Labute approximate surface area is 207 Å². The molecule has 8 heteroatoms. The maximum atomic E-state index is 12.3. The highest BCUT2D eigenvalue weighted by atomic mass is 16.4. The summed E-state index contributed by atoms with van der Waals surface area (Å²) >= 11 is 0. The van der Waals surface area contributed by atoms with Gasteiger partial charge in [-0.2, -0.15) is 0 Å². The van der Waals surface area contributed by atoms with Crippen LogP contribution < -0.4 is 24.8 Å². The Morgan fingerprint density at radius 2 is 1.61 bits per heavy atom. The predicted molar refractivity (Wildman–Crippen MR) is 136 cm³/mol. The molecule has 2 heterocycles. The Morgan fingerprint density at radius 3 is 2.25 bits per heavy atom. The van der Waals surface area contributed by atoms with E-state index in [4.69, 9.17) is 4.42 Å². The normalized spacial score (nSPS) is 13.2. The molecule has 2 amide bonds. The molecule has 0 N–H and O–H groups in total. The zero-order valence-electron chi connectivity index (χ0n) is 20.2. The number of carboxylic acids is 1. The van der Waals surface area contributed by atoms with Crippen LogP contribution in [0.3, 0.4) is 0 Å². The summed E-state index contributed by atoms with van der Waals surface area (Å²) in [6.45, 7) is 0. The number of hydrogen-bond donors (Lipinski definition) is 0. The van der Waals surface area contributed by atoms with E-state index in [2.05, 4.69) is 0 Å². The molecule has 2 aliphatic heterocycles. The molecule has 0 radical (unpaired) electrons. The van der Waals surface area contributed by atoms with Gasteiger partial charge < -0.3 is 19.2 Å². The molecule has 36 heavy (non-hydrogen) atoms. The number of rotatable bonds is 4. The molecule has 0 atom stereocenters. The van der Waals surface area contributed by atoms with Gasteiger partial charge in [0, 0.05) is 66.1 Å². The van der Waals surface area contributed by atoms with E-state index in [9.17, 15) is 19.5 Å². The lowest BCUT2D eigenvalue weighted by molar-refractivity contribution is -0.254. The molecular weight excluding hydrogens is 458 g/mol. The summed E-state index contributed by atoms with van der Waals surface area (Å²) in [5.74, 6) is -1.89. The molecule has 0 bridgehead atoms. The molecule has 5 rings (SSSR count). The van der Waals surface area contributed by atoms with Crippen molar-refractivity contribution in [3.05, 3.63) is 77.7 Å². The third-order valence-electron chi connectivity index (χ3n) is 6.28. The van der Waals surface area contributed by atoms with Gasteiger partial charge in [0.1, 0.15) is 25.4 Å². The Kier molecular flexibility index (Phi) is 5.44. The first-order valence-electron chi connectivity index (χ1n) is 11.3. The van der Waals surface area contributed by atoms with Gasteiger partial charge in [-0.15, -0.1) is 0 Å². The summed E-state index contributed by atoms with van der Waals surface area (Å²) in [6, 6.07) is 15.9.